The van der Waals surface area contributed by atoms with E-state index in [4.69, 9.17) is 5.11 Å². The van der Waals surface area contributed by atoms with E-state index in [1.165, 1.54) is 20.8 Å². The molecule has 0 amide bonds. The summed E-state index contributed by atoms with van der Waals surface area (Å²) in [5, 5.41) is 18.2. The van der Waals surface area contributed by atoms with Crippen molar-refractivity contribution in [2.24, 2.45) is 0 Å². The highest BCUT2D eigenvalue weighted by Gasteiger charge is 2.31. The number of aliphatic hydroxyl groups is 2. The Kier molecular flexibility index (Phi) is 3.42. The van der Waals surface area contributed by atoms with Crippen molar-refractivity contribution in [2.45, 2.75) is 32.7 Å². The summed E-state index contributed by atoms with van der Waals surface area (Å²) in [4.78, 5) is 10.9. The van der Waals surface area contributed by atoms with Crippen molar-refractivity contribution in [1.82, 2.24) is 0 Å². The van der Waals surface area contributed by atoms with E-state index < -0.39 is 17.9 Å². The van der Waals surface area contributed by atoms with Crippen LogP contribution in [-0.4, -0.2) is 28.1 Å². The number of ether oxygens (including phenoxy) is 1. The largest absolute Gasteiger partial charge is 0.427 e. The maximum absolute atomic E-state index is 10.9. The van der Waals surface area contributed by atoms with Gasteiger partial charge in [0, 0.05) is 12.5 Å². The van der Waals surface area contributed by atoms with Gasteiger partial charge >= 0.3 is 5.97 Å². The zero-order valence-corrected chi connectivity index (χ0v) is 7.50. The lowest BCUT2D eigenvalue weighted by molar-refractivity contribution is -0.231. The van der Waals surface area contributed by atoms with Crippen LogP contribution in [0.3, 0.4) is 0 Å². The van der Waals surface area contributed by atoms with E-state index in [9.17, 15) is 9.90 Å². The van der Waals surface area contributed by atoms with Crippen LogP contribution in [0.25, 0.3) is 0 Å². The number of carbonyl (C=O) groups excluding carboxylic acids is 1. The molecule has 2 unspecified atom stereocenters. The van der Waals surface area contributed by atoms with Crippen LogP contribution in [-0.2, 0) is 9.53 Å². The molecule has 0 spiro atoms. The van der Waals surface area contributed by atoms with Crippen molar-refractivity contribution in [3.05, 3.63) is 12.2 Å². The van der Waals surface area contributed by atoms with Crippen LogP contribution < -0.4 is 0 Å². The molecule has 0 bridgehead atoms. The lowest BCUT2D eigenvalue weighted by Gasteiger charge is -2.25. The van der Waals surface area contributed by atoms with E-state index in [2.05, 4.69) is 11.3 Å². The maximum atomic E-state index is 10.9. The summed E-state index contributed by atoms with van der Waals surface area (Å²) in [6.45, 7) is 7.32. The molecule has 0 radical (unpaired) electrons. The molecule has 0 aromatic rings. The molecular weight excluding hydrogens is 160 g/mol. The Morgan fingerprint density at radius 3 is 2.33 bits per heavy atom. The van der Waals surface area contributed by atoms with Crippen LogP contribution in [0.5, 0.6) is 0 Å². The molecule has 0 saturated carbocycles. The van der Waals surface area contributed by atoms with Gasteiger partial charge in [0.25, 0.3) is 0 Å². The molecule has 2 atom stereocenters. The van der Waals surface area contributed by atoms with Gasteiger partial charge in [0.2, 0.25) is 5.79 Å². The second-order valence-electron chi connectivity index (χ2n) is 2.90. The topological polar surface area (TPSA) is 66.8 Å². The number of hydrogen-bond acceptors (Lipinski definition) is 4. The van der Waals surface area contributed by atoms with Crippen LogP contribution in [0.1, 0.15) is 20.8 Å². The van der Waals surface area contributed by atoms with Gasteiger partial charge in [0.05, 0.1) is 0 Å². The minimum Gasteiger partial charge on any atom is -0.427 e. The number of carbonyl (C=O) groups is 1. The van der Waals surface area contributed by atoms with Crippen molar-refractivity contribution < 1.29 is 19.7 Å². The Labute approximate surface area is 71.5 Å². The fourth-order valence-electron chi connectivity index (χ4n) is 0.360. The zero-order valence-electron chi connectivity index (χ0n) is 7.50. The van der Waals surface area contributed by atoms with Crippen molar-refractivity contribution in [3.63, 3.8) is 0 Å². The van der Waals surface area contributed by atoms with E-state index in [1.807, 2.05) is 0 Å². The van der Waals surface area contributed by atoms with Crippen LogP contribution >= 0.6 is 0 Å². The van der Waals surface area contributed by atoms with Crippen LogP contribution in [0.4, 0.5) is 0 Å². The fraction of sp³-hybridized carbons (Fsp3) is 0.625. The second-order valence-corrected chi connectivity index (χ2v) is 2.90. The minimum absolute atomic E-state index is 0.177. The highest BCUT2D eigenvalue weighted by Crippen LogP contribution is 2.13. The van der Waals surface area contributed by atoms with E-state index in [-0.39, 0.29) is 5.57 Å². The van der Waals surface area contributed by atoms with Crippen LogP contribution in [0.15, 0.2) is 12.2 Å². The van der Waals surface area contributed by atoms with Gasteiger partial charge in [-0.15, -0.1) is 0 Å². The maximum Gasteiger partial charge on any atom is 0.335 e. The van der Waals surface area contributed by atoms with Gasteiger partial charge < -0.3 is 14.9 Å². The van der Waals surface area contributed by atoms with Gasteiger partial charge in [0.15, 0.2) is 0 Å². The first-order valence-corrected chi connectivity index (χ1v) is 3.56. The molecule has 4 nitrogen and oxygen atoms in total. The normalized spacial score (nSPS) is 17.8. The molecule has 0 heterocycles. The average Bonchev–Trinajstić information content (AvgIpc) is 1.85. The standard InChI is InChI=1S/C8H14O4/c1-5(2)7(10)12-8(4,11)6(3)9/h6,9,11H,1H2,2-4H3. The first-order valence-electron chi connectivity index (χ1n) is 3.56. The number of hydrogen-bond donors (Lipinski definition) is 2. The SMILES string of the molecule is C=C(C)C(=O)OC(C)(O)C(C)O. The lowest BCUT2D eigenvalue weighted by Crippen LogP contribution is -2.41. The second kappa shape index (κ2) is 3.69. The number of esters is 1. The third-order valence-electron chi connectivity index (χ3n) is 1.42. The van der Waals surface area contributed by atoms with Crippen LogP contribution in [0, 0.1) is 0 Å². The molecule has 0 aromatic carbocycles. The third-order valence-corrected chi connectivity index (χ3v) is 1.42. The van der Waals surface area contributed by atoms with Crippen molar-refractivity contribution in [1.29, 1.82) is 0 Å². The molecule has 2 N–H and O–H groups in total. The Balaban J connectivity index is 4.25. The van der Waals surface area contributed by atoms with Gasteiger partial charge in [-0.05, 0) is 13.8 Å². The van der Waals surface area contributed by atoms with Crippen molar-refractivity contribution in [2.75, 3.05) is 0 Å². The monoisotopic (exact) mass is 174 g/mol. The molecule has 0 aliphatic carbocycles. The van der Waals surface area contributed by atoms with E-state index in [0.29, 0.717) is 0 Å². The predicted molar refractivity (Wildman–Crippen MR) is 43.2 cm³/mol. The van der Waals surface area contributed by atoms with Crippen LogP contribution in [0.2, 0.25) is 0 Å². The minimum atomic E-state index is -1.85. The van der Waals surface area contributed by atoms with E-state index in [1.54, 1.807) is 0 Å². The summed E-state index contributed by atoms with van der Waals surface area (Å²) in [6, 6.07) is 0. The first kappa shape index (κ1) is 11.1. The Bertz CT molecular complexity index is 193. The smallest absolute Gasteiger partial charge is 0.335 e. The lowest BCUT2D eigenvalue weighted by atomic mass is 10.2. The summed E-state index contributed by atoms with van der Waals surface area (Å²) in [5.74, 6) is -2.57. The summed E-state index contributed by atoms with van der Waals surface area (Å²) >= 11 is 0. The van der Waals surface area contributed by atoms with Crippen molar-refractivity contribution in [3.8, 4) is 0 Å². The van der Waals surface area contributed by atoms with Gasteiger partial charge in [-0.25, -0.2) is 4.79 Å². The predicted octanol–water partition coefficient (Wildman–Crippen LogP) is 0.195. The summed E-state index contributed by atoms with van der Waals surface area (Å²) < 4.78 is 4.53. The summed E-state index contributed by atoms with van der Waals surface area (Å²) in [5.41, 5.74) is 0.177. The molecule has 0 aromatic heterocycles. The highest BCUT2D eigenvalue weighted by molar-refractivity contribution is 5.87. The third kappa shape index (κ3) is 3.02. The van der Waals surface area contributed by atoms with E-state index in [0.717, 1.165) is 0 Å². The first-order chi connectivity index (χ1) is 5.27. The molecule has 0 fully saturated rings. The molecule has 0 aliphatic heterocycles. The van der Waals surface area contributed by atoms with Crippen molar-refractivity contribution >= 4 is 5.97 Å². The number of aliphatic hydroxyl groups excluding tert-OH is 1. The van der Waals surface area contributed by atoms with E-state index >= 15 is 0 Å². The Hall–Kier alpha value is -0.870. The molecular formula is C8H14O4. The Morgan fingerprint density at radius 2 is 2.08 bits per heavy atom. The Morgan fingerprint density at radius 1 is 1.67 bits per heavy atom. The summed E-state index contributed by atoms with van der Waals surface area (Å²) in [6.07, 6.45) is -1.14. The summed E-state index contributed by atoms with van der Waals surface area (Å²) in [7, 11) is 0. The highest BCUT2D eigenvalue weighted by atomic mass is 16.7. The molecule has 12 heavy (non-hydrogen) atoms. The van der Waals surface area contributed by atoms with Gasteiger partial charge in [-0.3, -0.25) is 0 Å². The van der Waals surface area contributed by atoms with Gasteiger partial charge in [-0.1, -0.05) is 6.58 Å². The zero-order chi connectivity index (χ0) is 9.94. The molecule has 4 heteroatoms. The average molecular weight is 174 g/mol. The quantitative estimate of drug-likeness (QED) is 0.364. The number of rotatable bonds is 3. The molecule has 0 saturated heterocycles. The van der Waals surface area contributed by atoms with Gasteiger partial charge in [0.1, 0.15) is 6.10 Å². The fourth-order valence-corrected chi connectivity index (χ4v) is 0.360. The molecule has 0 aliphatic rings. The molecule has 0 rings (SSSR count). The molecule has 70 valence electrons. The van der Waals surface area contributed by atoms with Gasteiger partial charge in [-0.2, -0.15) is 0 Å².